The molecule has 0 fully saturated rings. The van der Waals surface area contributed by atoms with Crippen molar-refractivity contribution in [2.24, 2.45) is 0 Å². The second-order valence-electron chi connectivity index (χ2n) is 5.43. The zero-order valence-corrected chi connectivity index (χ0v) is 12.7. The molecule has 112 valence electrons. The Morgan fingerprint density at radius 2 is 1.70 bits per heavy atom. The molecule has 0 aliphatic heterocycles. The summed E-state index contributed by atoms with van der Waals surface area (Å²) in [5.74, 6) is -0.317. The Bertz CT molecular complexity index is 1020. The van der Waals surface area contributed by atoms with Crippen LogP contribution in [0.1, 0.15) is 10.4 Å². The highest BCUT2D eigenvalue weighted by molar-refractivity contribution is 6.12. The van der Waals surface area contributed by atoms with Gasteiger partial charge in [0.15, 0.2) is 0 Å². The smallest absolute Gasteiger partial charge is 0.340 e. The first-order chi connectivity index (χ1) is 11.3. The summed E-state index contributed by atoms with van der Waals surface area (Å²) >= 11 is 0. The zero-order chi connectivity index (χ0) is 15.8. The molecular weight excluding hydrogens is 286 g/mol. The summed E-state index contributed by atoms with van der Waals surface area (Å²) in [7, 11) is 1.42. The summed E-state index contributed by atoms with van der Waals surface area (Å²) in [4.78, 5) is 12.5. The molecule has 0 radical (unpaired) electrons. The van der Waals surface area contributed by atoms with Crippen molar-refractivity contribution in [1.29, 1.82) is 0 Å². The number of carbonyl (C=O) groups is 1. The molecule has 4 aromatic rings. The fraction of sp³-hybridized carbons (Fsp3) is 0.0500. The average molecular weight is 301 g/mol. The number of aromatic nitrogens is 1. The van der Waals surface area contributed by atoms with Crippen LogP contribution in [0.5, 0.6) is 0 Å². The van der Waals surface area contributed by atoms with Gasteiger partial charge in [0.1, 0.15) is 0 Å². The van der Waals surface area contributed by atoms with Gasteiger partial charge in [-0.15, -0.1) is 0 Å². The number of rotatable bonds is 2. The van der Waals surface area contributed by atoms with Crippen molar-refractivity contribution >= 4 is 22.3 Å². The molecule has 0 aliphatic carbocycles. The third kappa shape index (κ3) is 2.09. The molecule has 0 N–H and O–H groups in total. The molecule has 0 amide bonds. The largest absolute Gasteiger partial charge is 0.465 e. The Morgan fingerprint density at radius 3 is 2.48 bits per heavy atom. The Balaban J connectivity index is 2.16. The van der Waals surface area contributed by atoms with E-state index < -0.39 is 0 Å². The predicted octanol–water partition coefficient (Wildman–Crippen LogP) is 4.55. The van der Waals surface area contributed by atoms with Crippen LogP contribution >= 0.6 is 0 Å². The van der Waals surface area contributed by atoms with E-state index in [0.717, 1.165) is 27.4 Å². The molecule has 3 nitrogen and oxygen atoms in total. The fourth-order valence-corrected chi connectivity index (χ4v) is 3.08. The van der Waals surface area contributed by atoms with E-state index in [0.29, 0.717) is 5.56 Å². The summed E-state index contributed by atoms with van der Waals surface area (Å²) in [6, 6.07) is 20.0. The molecule has 2 aromatic heterocycles. The van der Waals surface area contributed by atoms with Crippen molar-refractivity contribution in [1.82, 2.24) is 4.40 Å². The topological polar surface area (TPSA) is 30.7 Å². The molecular formula is C20H15NO2. The maximum absolute atomic E-state index is 12.5. The number of methoxy groups -OCH3 is 1. The van der Waals surface area contributed by atoms with Gasteiger partial charge in [-0.2, -0.15) is 0 Å². The van der Waals surface area contributed by atoms with Crippen molar-refractivity contribution in [3.63, 3.8) is 0 Å². The third-order valence-corrected chi connectivity index (χ3v) is 4.14. The Labute approximate surface area is 133 Å². The molecule has 23 heavy (non-hydrogen) atoms. The van der Waals surface area contributed by atoms with Gasteiger partial charge in [-0.25, -0.2) is 4.79 Å². The van der Waals surface area contributed by atoms with Crippen LogP contribution in [0.2, 0.25) is 0 Å². The van der Waals surface area contributed by atoms with Crippen molar-refractivity contribution in [3.05, 3.63) is 78.6 Å². The summed E-state index contributed by atoms with van der Waals surface area (Å²) in [5, 5.41) is 2.14. The lowest BCUT2D eigenvalue weighted by atomic mass is 10.0. The molecule has 3 heteroatoms. The lowest BCUT2D eigenvalue weighted by molar-refractivity contribution is 0.0604. The van der Waals surface area contributed by atoms with Gasteiger partial charge < -0.3 is 9.14 Å². The maximum Gasteiger partial charge on any atom is 0.340 e. The zero-order valence-electron chi connectivity index (χ0n) is 12.7. The lowest BCUT2D eigenvalue weighted by Crippen LogP contribution is -2.02. The van der Waals surface area contributed by atoms with Crippen molar-refractivity contribution < 1.29 is 9.53 Å². The number of nitrogens with zero attached hydrogens (tertiary/aromatic N) is 1. The van der Waals surface area contributed by atoms with E-state index in [-0.39, 0.29) is 5.97 Å². The Hall–Kier alpha value is -3.07. The minimum absolute atomic E-state index is 0.317. The van der Waals surface area contributed by atoms with E-state index in [1.807, 2.05) is 71.4 Å². The first-order valence-corrected chi connectivity index (χ1v) is 7.46. The first-order valence-electron chi connectivity index (χ1n) is 7.46. The molecule has 0 saturated carbocycles. The molecule has 0 bridgehead atoms. The van der Waals surface area contributed by atoms with Gasteiger partial charge >= 0.3 is 5.97 Å². The molecule has 0 saturated heterocycles. The van der Waals surface area contributed by atoms with Gasteiger partial charge in [0.2, 0.25) is 0 Å². The summed E-state index contributed by atoms with van der Waals surface area (Å²) in [6.07, 6.45) is 3.97. The number of pyridine rings is 1. The van der Waals surface area contributed by atoms with E-state index in [1.165, 1.54) is 7.11 Å². The van der Waals surface area contributed by atoms with Crippen LogP contribution in [0.25, 0.3) is 27.4 Å². The highest BCUT2D eigenvalue weighted by Gasteiger charge is 2.21. The first kappa shape index (κ1) is 13.6. The molecule has 4 rings (SSSR count). The van der Waals surface area contributed by atoms with E-state index in [2.05, 4.69) is 6.07 Å². The standard InChI is InChI=1S/C20H15NO2/c1-23-20(22)18-17(14-7-3-2-4-8-14)13-21-12-11-15-9-5-6-10-16(15)19(18)21/h2-13H,1H3. The second kappa shape index (κ2) is 5.29. The van der Waals surface area contributed by atoms with Gasteiger partial charge in [-0.05, 0) is 17.0 Å². The quantitative estimate of drug-likeness (QED) is 0.509. The van der Waals surface area contributed by atoms with E-state index in [1.54, 1.807) is 0 Å². The van der Waals surface area contributed by atoms with Crippen LogP contribution in [0.4, 0.5) is 0 Å². The van der Waals surface area contributed by atoms with E-state index >= 15 is 0 Å². The third-order valence-electron chi connectivity index (χ3n) is 4.14. The molecule has 2 aromatic carbocycles. The normalized spacial score (nSPS) is 11.0. The summed E-state index contributed by atoms with van der Waals surface area (Å²) in [6.45, 7) is 0. The minimum atomic E-state index is -0.317. The number of benzene rings is 2. The number of fused-ring (bicyclic) bond motifs is 3. The number of carbonyl (C=O) groups excluding carboxylic acids is 1. The molecule has 2 heterocycles. The van der Waals surface area contributed by atoms with Crippen LogP contribution in [-0.4, -0.2) is 17.5 Å². The second-order valence-corrected chi connectivity index (χ2v) is 5.43. The van der Waals surface area contributed by atoms with E-state index in [9.17, 15) is 4.79 Å². The predicted molar refractivity (Wildman–Crippen MR) is 91.7 cm³/mol. The average Bonchev–Trinajstić information content (AvgIpc) is 3.02. The van der Waals surface area contributed by atoms with Gasteiger partial charge in [-0.1, -0.05) is 54.6 Å². The monoisotopic (exact) mass is 301 g/mol. The number of hydrogen-bond acceptors (Lipinski definition) is 2. The van der Waals surface area contributed by atoms with Crippen LogP contribution in [0.15, 0.2) is 73.1 Å². The molecule has 0 atom stereocenters. The SMILES string of the molecule is COC(=O)c1c(-c2ccccc2)cn2ccc3ccccc3c12. The molecule has 0 aliphatic rings. The van der Waals surface area contributed by atoms with Crippen molar-refractivity contribution in [2.75, 3.05) is 7.11 Å². The van der Waals surface area contributed by atoms with Crippen molar-refractivity contribution in [3.8, 4) is 11.1 Å². The van der Waals surface area contributed by atoms with Gasteiger partial charge in [0.05, 0.1) is 18.2 Å². The number of ether oxygens (including phenoxy) is 1. The van der Waals surface area contributed by atoms with Crippen LogP contribution in [-0.2, 0) is 4.74 Å². The van der Waals surface area contributed by atoms with E-state index in [4.69, 9.17) is 4.74 Å². The fourth-order valence-electron chi connectivity index (χ4n) is 3.08. The highest BCUT2D eigenvalue weighted by Crippen LogP contribution is 2.33. The summed E-state index contributed by atoms with van der Waals surface area (Å²) < 4.78 is 7.06. The number of hydrogen-bond donors (Lipinski definition) is 0. The van der Waals surface area contributed by atoms with Crippen LogP contribution in [0, 0.1) is 0 Å². The molecule has 0 unspecified atom stereocenters. The lowest BCUT2D eigenvalue weighted by Gasteiger charge is -2.05. The highest BCUT2D eigenvalue weighted by atomic mass is 16.5. The summed E-state index contributed by atoms with van der Waals surface area (Å²) in [5.41, 5.74) is 3.37. The van der Waals surface area contributed by atoms with Gasteiger partial charge in [-0.3, -0.25) is 0 Å². The van der Waals surface area contributed by atoms with Gasteiger partial charge in [0, 0.05) is 23.3 Å². The number of esters is 1. The van der Waals surface area contributed by atoms with Gasteiger partial charge in [0.25, 0.3) is 0 Å². The Morgan fingerprint density at radius 1 is 0.957 bits per heavy atom. The van der Waals surface area contributed by atoms with Crippen molar-refractivity contribution in [2.45, 2.75) is 0 Å². The van der Waals surface area contributed by atoms with Crippen LogP contribution < -0.4 is 0 Å². The van der Waals surface area contributed by atoms with Crippen LogP contribution in [0.3, 0.4) is 0 Å². The maximum atomic E-state index is 12.5. The minimum Gasteiger partial charge on any atom is -0.465 e. The molecule has 0 spiro atoms. The Kier molecular flexibility index (Phi) is 3.12.